The maximum atomic E-state index is 2.59. The fourth-order valence-corrected chi connectivity index (χ4v) is 4.37. The number of hydrogen-bond acceptors (Lipinski definition) is 0. The van der Waals surface area contributed by atoms with Gasteiger partial charge in [0.2, 0.25) is 0 Å². The highest BCUT2D eigenvalue weighted by molar-refractivity contribution is 5.45. The first-order chi connectivity index (χ1) is 8.41. The minimum atomic E-state index is 0.375. The van der Waals surface area contributed by atoms with E-state index in [1.807, 2.05) is 0 Å². The molecule has 98 valence electrons. The third-order valence-electron chi connectivity index (χ3n) is 5.75. The van der Waals surface area contributed by atoms with Gasteiger partial charge in [-0.05, 0) is 54.4 Å². The molecular formula is C18H26. The first-order valence-electron chi connectivity index (χ1n) is 7.51. The Morgan fingerprint density at radius 2 is 1.94 bits per heavy atom. The van der Waals surface area contributed by atoms with Crippen LogP contribution >= 0.6 is 0 Å². The van der Waals surface area contributed by atoms with Crippen molar-refractivity contribution in [2.45, 2.75) is 47.5 Å². The molecule has 0 aromatic rings. The van der Waals surface area contributed by atoms with E-state index in [1.54, 1.807) is 16.7 Å². The zero-order valence-electron chi connectivity index (χ0n) is 12.5. The predicted octanol–water partition coefficient (Wildman–Crippen LogP) is 5.14. The predicted molar refractivity (Wildman–Crippen MR) is 78.2 cm³/mol. The van der Waals surface area contributed by atoms with E-state index < -0.39 is 0 Å². The van der Waals surface area contributed by atoms with Crippen LogP contribution in [0.15, 0.2) is 34.9 Å². The molecule has 0 fully saturated rings. The Bertz CT molecular complexity index is 458. The summed E-state index contributed by atoms with van der Waals surface area (Å²) >= 11 is 0. The molecule has 0 amide bonds. The second kappa shape index (κ2) is 3.85. The van der Waals surface area contributed by atoms with Crippen molar-refractivity contribution in [2.24, 2.45) is 29.1 Å². The largest absolute Gasteiger partial charge is 0.0811 e. The number of hydrogen-bond donors (Lipinski definition) is 0. The van der Waals surface area contributed by atoms with Crippen molar-refractivity contribution in [3.63, 3.8) is 0 Å². The van der Waals surface area contributed by atoms with Crippen molar-refractivity contribution >= 4 is 0 Å². The summed E-state index contributed by atoms with van der Waals surface area (Å²) in [7, 11) is 0. The molecule has 0 heteroatoms. The van der Waals surface area contributed by atoms with Gasteiger partial charge in [-0.25, -0.2) is 0 Å². The van der Waals surface area contributed by atoms with E-state index in [1.165, 1.54) is 12.8 Å². The van der Waals surface area contributed by atoms with Crippen LogP contribution in [0.25, 0.3) is 0 Å². The molecule has 4 unspecified atom stereocenters. The van der Waals surface area contributed by atoms with E-state index in [0.29, 0.717) is 5.41 Å². The van der Waals surface area contributed by atoms with Crippen molar-refractivity contribution in [2.75, 3.05) is 0 Å². The molecule has 0 bridgehead atoms. The van der Waals surface area contributed by atoms with Crippen molar-refractivity contribution in [1.29, 1.82) is 0 Å². The molecule has 0 saturated heterocycles. The van der Waals surface area contributed by atoms with Crippen LogP contribution in [0.3, 0.4) is 0 Å². The lowest BCUT2D eigenvalue weighted by Crippen LogP contribution is -2.28. The second-order valence-electron chi connectivity index (χ2n) is 7.38. The molecular weight excluding hydrogens is 216 g/mol. The highest BCUT2D eigenvalue weighted by Gasteiger charge is 2.48. The molecule has 3 aliphatic carbocycles. The van der Waals surface area contributed by atoms with Crippen LogP contribution in [-0.4, -0.2) is 0 Å². The third kappa shape index (κ3) is 1.57. The van der Waals surface area contributed by atoms with Gasteiger partial charge in [-0.15, -0.1) is 0 Å². The lowest BCUT2D eigenvalue weighted by molar-refractivity contribution is 0.246. The zero-order valence-corrected chi connectivity index (χ0v) is 12.5. The van der Waals surface area contributed by atoms with Crippen LogP contribution in [0, 0.1) is 29.1 Å². The SMILES string of the molecule is CC1=CC2C(CC1C)C1=C(CC(C)C=C1)C2(C)C. The Balaban J connectivity index is 2.06. The molecule has 0 saturated carbocycles. The molecule has 0 nitrogen and oxygen atoms in total. The van der Waals surface area contributed by atoms with Gasteiger partial charge in [0.1, 0.15) is 0 Å². The van der Waals surface area contributed by atoms with Gasteiger partial charge in [0, 0.05) is 0 Å². The Morgan fingerprint density at radius 1 is 1.22 bits per heavy atom. The van der Waals surface area contributed by atoms with Crippen LogP contribution in [-0.2, 0) is 0 Å². The van der Waals surface area contributed by atoms with Gasteiger partial charge in [0.25, 0.3) is 0 Å². The van der Waals surface area contributed by atoms with Gasteiger partial charge in [0.05, 0.1) is 0 Å². The van der Waals surface area contributed by atoms with Gasteiger partial charge in [-0.2, -0.15) is 0 Å². The molecule has 3 aliphatic rings. The quantitative estimate of drug-likeness (QED) is 0.516. The van der Waals surface area contributed by atoms with Gasteiger partial charge in [-0.1, -0.05) is 57.1 Å². The number of fused-ring (bicyclic) bond motifs is 2. The van der Waals surface area contributed by atoms with E-state index in [9.17, 15) is 0 Å². The van der Waals surface area contributed by atoms with Crippen LogP contribution in [0.2, 0.25) is 0 Å². The molecule has 0 aliphatic heterocycles. The summed E-state index contributed by atoms with van der Waals surface area (Å²) in [4.78, 5) is 0. The van der Waals surface area contributed by atoms with Gasteiger partial charge in [-0.3, -0.25) is 0 Å². The molecule has 0 heterocycles. The maximum absolute atomic E-state index is 2.59. The summed E-state index contributed by atoms with van der Waals surface area (Å²) < 4.78 is 0. The highest BCUT2D eigenvalue weighted by Crippen LogP contribution is 2.58. The molecule has 0 radical (unpaired) electrons. The zero-order chi connectivity index (χ0) is 13.1. The molecule has 0 aromatic heterocycles. The summed E-state index contributed by atoms with van der Waals surface area (Å²) in [5.74, 6) is 3.03. The standard InChI is InChI=1S/C18H26/c1-11-6-7-14-15-9-12(2)13(3)10-17(15)18(4,5)16(14)8-11/h6-7,10-12,15,17H,8-9H2,1-5H3. The summed E-state index contributed by atoms with van der Waals surface area (Å²) in [6.07, 6.45) is 10.1. The van der Waals surface area contributed by atoms with E-state index in [2.05, 4.69) is 52.8 Å². The Morgan fingerprint density at radius 3 is 2.67 bits per heavy atom. The van der Waals surface area contributed by atoms with E-state index in [-0.39, 0.29) is 0 Å². The number of allylic oxidation sites excluding steroid dienone is 6. The topological polar surface area (TPSA) is 0 Å². The fraction of sp³-hybridized carbons (Fsp3) is 0.667. The maximum Gasteiger partial charge on any atom is -0.00698 e. The Hall–Kier alpha value is -0.780. The smallest absolute Gasteiger partial charge is 0.00698 e. The first-order valence-corrected chi connectivity index (χ1v) is 7.51. The van der Waals surface area contributed by atoms with Crippen molar-refractivity contribution in [3.05, 3.63) is 34.9 Å². The summed E-state index contributed by atoms with van der Waals surface area (Å²) in [6.45, 7) is 12.0. The van der Waals surface area contributed by atoms with Crippen molar-refractivity contribution in [1.82, 2.24) is 0 Å². The fourth-order valence-electron chi connectivity index (χ4n) is 4.37. The van der Waals surface area contributed by atoms with Crippen LogP contribution in [0.1, 0.15) is 47.5 Å². The van der Waals surface area contributed by atoms with Gasteiger partial charge < -0.3 is 0 Å². The monoisotopic (exact) mass is 242 g/mol. The summed E-state index contributed by atoms with van der Waals surface area (Å²) in [6, 6.07) is 0. The second-order valence-corrected chi connectivity index (χ2v) is 7.38. The highest BCUT2D eigenvalue weighted by atomic mass is 14.5. The Labute approximate surface area is 112 Å². The average Bonchev–Trinajstić information content (AvgIpc) is 2.50. The molecule has 0 spiro atoms. The van der Waals surface area contributed by atoms with E-state index in [0.717, 1.165) is 23.7 Å². The molecule has 3 rings (SSSR count). The lowest BCUT2D eigenvalue weighted by atomic mass is 9.67. The van der Waals surface area contributed by atoms with Crippen LogP contribution in [0.4, 0.5) is 0 Å². The Kier molecular flexibility index (Phi) is 2.63. The molecule has 4 atom stereocenters. The normalized spacial score (nSPS) is 41.5. The minimum absolute atomic E-state index is 0.375. The molecule has 0 aromatic carbocycles. The summed E-state index contributed by atoms with van der Waals surface area (Å²) in [5, 5.41) is 0. The van der Waals surface area contributed by atoms with Gasteiger partial charge in [0.15, 0.2) is 0 Å². The van der Waals surface area contributed by atoms with Crippen molar-refractivity contribution in [3.8, 4) is 0 Å². The van der Waals surface area contributed by atoms with E-state index >= 15 is 0 Å². The van der Waals surface area contributed by atoms with Gasteiger partial charge >= 0.3 is 0 Å². The first kappa shape index (κ1) is 12.3. The van der Waals surface area contributed by atoms with Crippen molar-refractivity contribution < 1.29 is 0 Å². The third-order valence-corrected chi connectivity index (χ3v) is 5.75. The lowest BCUT2D eigenvalue weighted by Gasteiger charge is -2.37. The average molecular weight is 242 g/mol. The molecule has 0 N–H and O–H groups in total. The molecule has 18 heavy (non-hydrogen) atoms. The van der Waals surface area contributed by atoms with Crippen LogP contribution < -0.4 is 0 Å². The number of rotatable bonds is 0. The minimum Gasteiger partial charge on any atom is -0.0811 e. The van der Waals surface area contributed by atoms with E-state index in [4.69, 9.17) is 0 Å². The van der Waals surface area contributed by atoms with Crippen LogP contribution in [0.5, 0.6) is 0 Å². The summed E-state index contributed by atoms with van der Waals surface area (Å²) in [5.41, 5.74) is 5.44.